The van der Waals surface area contributed by atoms with E-state index < -0.39 is 17.7 Å². The summed E-state index contributed by atoms with van der Waals surface area (Å²) < 4.78 is 0. The van der Waals surface area contributed by atoms with Gasteiger partial charge in [0.25, 0.3) is 0 Å². The molecule has 1 aromatic rings. The summed E-state index contributed by atoms with van der Waals surface area (Å²) in [4.78, 5) is 33.5. The van der Waals surface area contributed by atoms with Crippen molar-refractivity contribution in [3.63, 3.8) is 0 Å². The Morgan fingerprint density at radius 2 is 1.51 bits per heavy atom. The van der Waals surface area contributed by atoms with E-state index in [0.29, 0.717) is 19.4 Å². The topological polar surface area (TPSA) is 96.4 Å². The number of piperidine rings is 2. The van der Waals surface area contributed by atoms with Gasteiger partial charge in [-0.25, -0.2) is 0 Å². The van der Waals surface area contributed by atoms with Crippen molar-refractivity contribution >= 4 is 11.8 Å². The average molecular weight is 515 g/mol. The average Bonchev–Trinajstić information content (AvgIpc) is 2.89. The lowest BCUT2D eigenvalue weighted by atomic mass is 9.80. The van der Waals surface area contributed by atoms with Crippen molar-refractivity contribution in [1.29, 1.82) is 0 Å². The van der Waals surface area contributed by atoms with E-state index in [9.17, 15) is 19.8 Å². The van der Waals surface area contributed by atoms with Crippen LogP contribution in [0.2, 0.25) is 0 Å². The first kappa shape index (κ1) is 28.0. The van der Waals surface area contributed by atoms with Crippen LogP contribution in [0.1, 0.15) is 70.4 Å². The highest BCUT2D eigenvalue weighted by atomic mass is 16.3. The number of carbonyl (C=O) groups is 2. The molecule has 0 aliphatic carbocycles. The van der Waals surface area contributed by atoms with Crippen molar-refractivity contribution in [2.45, 2.75) is 96.2 Å². The van der Waals surface area contributed by atoms with E-state index in [1.165, 1.54) is 11.1 Å². The lowest BCUT2D eigenvalue weighted by Crippen LogP contribution is -2.74. The van der Waals surface area contributed by atoms with E-state index in [4.69, 9.17) is 0 Å². The van der Waals surface area contributed by atoms with E-state index >= 15 is 0 Å². The second kappa shape index (κ2) is 12.2. The van der Waals surface area contributed by atoms with Gasteiger partial charge in [0.1, 0.15) is 11.6 Å². The number of hydrogen-bond donors (Lipinski definition) is 3. The smallest absolute Gasteiger partial charge is 0.248 e. The number of nitrogens with one attached hydrogen (secondary N) is 1. The van der Waals surface area contributed by atoms with Gasteiger partial charge in [-0.05, 0) is 49.1 Å². The summed E-state index contributed by atoms with van der Waals surface area (Å²) in [5.41, 5.74) is 1.72. The van der Waals surface area contributed by atoms with Crippen LogP contribution in [0.5, 0.6) is 0 Å². The zero-order valence-electron chi connectivity index (χ0n) is 22.9. The SMILES string of the molecule is CCCCN1C(=O)[C@@H]([C@H](O)C(C)C)NC(=O)C12CCN(Cc1ccc(CN3CCC(O)CC3)cc1)CC2. The fourth-order valence-corrected chi connectivity index (χ4v) is 6.02. The van der Waals surface area contributed by atoms with Crippen LogP contribution in [-0.2, 0) is 22.7 Å². The molecule has 3 aliphatic rings. The molecule has 1 aromatic carbocycles. The van der Waals surface area contributed by atoms with Crippen LogP contribution >= 0.6 is 0 Å². The highest BCUT2D eigenvalue weighted by molar-refractivity contribution is 6.00. The maximum atomic E-state index is 13.5. The van der Waals surface area contributed by atoms with E-state index in [1.807, 2.05) is 13.8 Å². The number of nitrogens with zero attached hydrogens (tertiary/aromatic N) is 3. The molecule has 0 bridgehead atoms. The van der Waals surface area contributed by atoms with Gasteiger partial charge >= 0.3 is 0 Å². The Hall–Kier alpha value is -2.00. The second-order valence-electron chi connectivity index (χ2n) is 11.7. The molecule has 8 heteroatoms. The summed E-state index contributed by atoms with van der Waals surface area (Å²) in [6, 6.07) is 7.93. The van der Waals surface area contributed by atoms with Crippen LogP contribution in [-0.4, -0.2) is 93.2 Å². The first-order valence-corrected chi connectivity index (χ1v) is 14.2. The zero-order chi connectivity index (χ0) is 26.6. The molecule has 3 aliphatic heterocycles. The first-order valence-electron chi connectivity index (χ1n) is 14.2. The Morgan fingerprint density at radius 1 is 0.973 bits per heavy atom. The molecule has 37 heavy (non-hydrogen) atoms. The molecule has 206 valence electrons. The molecule has 2 atom stereocenters. The predicted octanol–water partition coefficient (Wildman–Crippen LogP) is 2.12. The molecule has 4 rings (SSSR count). The molecular formula is C29H46N4O4. The summed E-state index contributed by atoms with van der Waals surface area (Å²) in [6.45, 7) is 11.5. The van der Waals surface area contributed by atoms with E-state index in [0.717, 1.165) is 65.0 Å². The Labute approximate surface area is 222 Å². The number of carbonyl (C=O) groups excluding carboxylic acids is 2. The van der Waals surface area contributed by atoms with Crippen molar-refractivity contribution in [2.75, 3.05) is 32.7 Å². The normalized spacial score (nSPS) is 24.6. The molecule has 8 nitrogen and oxygen atoms in total. The Bertz CT molecular complexity index is 905. The number of amides is 2. The maximum absolute atomic E-state index is 13.5. The number of piperazine rings is 1. The van der Waals surface area contributed by atoms with Crippen molar-refractivity contribution < 1.29 is 19.8 Å². The standard InChI is InChI=1S/C29H46N4O4/c1-4-5-14-33-27(36)25(26(35)21(2)3)30-28(37)29(33)12-17-32(18-13-29)20-23-8-6-22(7-9-23)19-31-15-10-24(34)11-16-31/h6-9,21,24-26,34-35H,4-5,10-20H2,1-3H3,(H,30,37)/t25-,26-/m1/s1. The number of rotatable bonds is 9. The van der Waals surface area contributed by atoms with E-state index in [1.54, 1.807) is 4.90 Å². The zero-order valence-corrected chi connectivity index (χ0v) is 22.9. The number of aliphatic hydroxyl groups is 2. The quantitative estimate of drug-likeness (QED) is 0.467. The predicted molar refractivity (Wildman–Crippen MR) is 144 cm³/mol. The van der Waals surface area contributed by atoms with Crippen LogP contribution in [0, 0.1) is 5.92 Å². The van der Waals surface area contributed by atoms with Crippen LogP contribution < -0.4 is 5.32 Å². The molecule has 3 saturated heterocycles. The molecule has 3 fully saturated rings. The van der Waals surface area contributed by atoms with Crippen LogP contribution in [0.4, 0.5) is 0 Å². The van der Waals surface area contributed by atoms with Crippen molar-refractivity contribution in [2.24, 2.45) is 5.92 Å². The number of unbranched alkanes of at least 4 members (excludes halogenated alkanes) is 1. The monoisotopic (exact) mass is 514 g/mol. The summed E-state index contributed by atoms with van der Waals surface area (Å²) in [5.74, 6) is -0.360. The fourth-order valence-electron chi connectivity index (χ4n) is 6.02. The third-order valence-corrected chi connectivity index (χ3v) is 8.59. The van der Waals surface area contributed by atoms with Gasteiger partial charge in [0, 0.05) is 45.8 Å². The van der Waals surface area contributed by atoms with Crippen molar-refractivity contribution in [3.8, 4) is 0 Å². The van der Waals surface area contributed by atoms with E-state index in [-0.39, 0.29) is 23.8 Å². The molecule has 3 N–H and O–H groups in total. The van der Waals surface area contributed by atoms with Gasteiger partial charge in [0.15, 0.2) is 0 Å². The summed E-state index contributed by atoms with van der Waals surface area (Å²) in [6.07, 6.45) is 3.68. The van der Waals surface area contributed by atoms with Gasteiger partial charge in [-0.2, -0.15) is 0 Å². The van der Waals surface area contributed by atoms with Crippen molar-refractivity contribution in [1.82, 2.24) is 20.0 Å². The highest BCUT2D eigenvalue weighted by Crippen LogP contribution is 2.35. The fraction of sp³-hybridized carbons (Fsp3) is 0.724. The van der Waals surface area contributed by atoms with Crippen LogP contribution in [0.15, 0.2) is 24.3 Å². The van der Waals surface area contributed by atoms with Gasteiger partial charge in [-0.1, -0.05) is 51.5 Å². The third-order valence-electron chi connectivity index (χ3n) is 8.59. The molecule has 1 spiro atoms. The minimum Gasteiger partial charge on any atom is -0.393 e. The molecular weight excluding hydrogens is 468 g/mol. The number of aliphatic hydroxyl groups excluding tert-OH is 2. The Kier molecular flexibility index (Phi) is 9.27. The third kappa shape index (κ3) is 6.36. The summed E-state index contributed by atoms with van der Waals surface area (Å²) >= 11 is 0. The van der Waals surface area contributed by atoms with Gasteiger partial charge < -0.3 is 20.4 Å². The van der Waals surface area contributed by atoms with Gasteiger partial charge in [-0.15, -0.1) is 0 Å². The largest absolute Gasteiger partial charge is 0.393 e. The molecule has 0 radical (unpaired) electrons. The number of likely N-dealkylation sites (tertiary alicyclic amines) is 2. The lowest BCUT2D eigenvalue weighted by Gasteiger charge is -2.52. The van der Waals surface area contributed by atoms with Crippen LogP contribution in [0.25, 0.3) is 0 Å². The summed E-state index contributed by atoms with van der Waals surface area (Å²) in [7, 11) is 0. The Morgan fingerprint density at radius 3 is 2.03 bits per heavy atom. The van der Waals surface area contributed by atoms with Crippen LogP contribution in [0.3, 0.4) is 0 Å². The maximum Gasteiger partial charge on any atom is 0.248 e. The minimum atomic E-state index is -0.887. The van der Waals surface area contributed by atoms with Gasteiger partial charge in [0.2, 0.25) is 11.8 Å². The summed E-state index contributed by atoms with van der Waals surface area (Å²) in [5, 5.41) is 23.2. The number of benzene rings is 1. The molecule has 3 heterocycles. The van der Waals surface area contributed by atoms with Gasteiger partial charge in [-0.3, -0.25) is 19.4 Å². The van der Waals surface area contributed by atoms with E-state index in [2.05, 4.69) is 46.3 Å². The first-order chi connectivity index (χ1) is 17.7. The van der Waals surface area contributed by atoms with Crippen molar-refractivity contribution in [3.05, 3.63) is 35.4 Å². The number of hydrogen-bond acceptors (Lipinski definition) is 6. The van der Waals surface area contributed by atoms with Gasteiger partial charge in [0.05, 0.1) is 12.2 Å². The lowest BCUT2D eigenvalue weighted by molar-refractivity contribution is -0.165. The second-order valence-corrected chi connectivity index (χ2v) is 11.7. The molecule has 0 saturated carbocycles. The molecule has 0 unspecified atom stereocenters. The highest BCUT2D eigenvalue weighted by Gasteiger charge is 2.54. The molecule has 0 aromatic heterocycles. The minimum absolute atomic E-state index is 0.109. The Balaban J connectivity index is 1.36. The molecule has 2 amide bonds.